The normalized spacial score (nSPS) is 43.6. The average Bonchev–Trinajstić information content (AvgIpc) is 3.38. The Hall–Kier alpha value is 3.10. The lowest BCUT2D eigenvalue weighted by molar-refractivity contribution is -0.0551. The van der Waals surface area contributed by atoms with Crippen LogP contribution in [0.4, 0.5) is 0 Å². The third kappa shape index (κ3) is 18.1. The Kier molecular flexibility index (Phi) is 29.8. The molecule has 10 bridgehead atoms. The molecular weight excluding hydrogens is 1070 g/mol. The van der Waals surface area contributed by atoms with E-state index in [-0.39, 0.29) is 61.0 Å². The average molecular weight is 1160 g/mol. The third-order valence-electron chi connectivity index (χ3n) is 16.5. The maximum Gasteiger partial charge on any atom is 0.0703 e. The van der Waals surface area contributed by atoms with Crippen molar-refractivity contribution >= 4 is 108 Å². The maximum absolute atomic E-state index is 6.24. The van der Waals surface area contributed by atoms with Crippen LogP contribution in [0.3, 0.4) is 0 Å². The molecule has 0 N–H and O–H groups in total. The lowest BCUT2D eigenvalue weighted by Crippen LogP contribution is -2.43. The molecule has 9 unspecified atom stereocenters. The van der Waals surface area contributed by atoms with Crippen LogP contribution in [-0.2, 0) is 47.4 Å². The first-order valence-corrected chi connectivity index (χ1v) is 37.6. The lowest BCUT2D eigenvalue weighted by atomic mass is 9.79. The fourth-order valence-electron chi connectivity index (χ4n) is 12.1. The quantitative estimate of drug-likeness (QED) is 0.194. The van der Waals surface area contributed by atoms with E-state index in [0.717, 1.165) is 116 Å². The van der Waals surface area contributed by atoms with E-state index in [2.05, 4.69) is 0 Å². The highest BCUT2D eigenvalue weighted by Gasteiger charge is 2.43. The SMILES string of the molecule is COC1C[C@H]2CSSC[C@@H]3CC(OC)[C@H](CSSC[C@@H]4CC(OC)[C@H](CSS[C@@H]5CC(OC)[C@H](CSSC[C@H]6CC(OC)[C@@H](CSSC[C@@H]1CC2OC)CC6OC)CC5OC)CC4OC)C[C@@H]3OC. The van der Waals surface area contributed by atoms with Gasteiger partial charge >= 0.3 is 0 Å². The van der Waals surface area contributed by atoms with Crippen LogP contribution < -0.4 is 0 Å². The molecule has 69 heavy (non-hydrogen) atoms. The van der Waals surface area contributed by atoms with E-state index in [0.29, 0.717) is 58.5 Å². The second kappa shape index (κ2) is 33.5. The fourth-order valence-corrected chi connectivity index (χ4v) is 26.9. The highest BCUT2D eigenvalue weighted by Crippen LogP contribution is 2.48. The van der Waals surface area contributed by atoms with Gasteiger partial charge in [0.25, 0.3) is 0 Å². The van der Waals surface area contributed by atoms with Gasteiger partial charge in [-0.2, -0.15) is 0 Å². The van der Waals surface area contributed by atoms with Crippen molar-refractivity contribution in [3.63, 3.8) is 0 Å². The summed E-state index contributed by atoms with van der Waals surface area (Å²) in [5.74, 6) is 13.8. The predicted molar refractivity (Wildman–Crippen MR) is 309 cm³/mol. The highest BCUT2D eigenvalue weighted by molar-refractivity contribution is 8.77. The highest BCUT2D eigenvalue weighted by atomic mass is 33.1. The number of hydrogen-bond donors (Lipinski definition) is 0. The smallest absolute Gasteiger partial charge is 0.0703 e. The molecule has 10 nitrogen and oxygen atoms in total. The van der Waals surface area contributed by atoms with Crippen molar-refractivity contribution in [1.82, 2.24) is 0 Å². The van der Waals surface area contributed by atoms with Crippen molar-refractivity contribution in [2.24, 2.45) is 53.3 Å². The molecule has 0 spiro atoms. The Bertz CT molecular complexity index is 1290. The maximum atomic E-state index is 6.24. The summed E-state index contributed by atoms with van der Waals surface area (Å²) in [6.07, 6.45) is 12.9. The molecule has 20 heteroatoms. The van der Waals surface area contributed by atoms with Crippen LogP contribution in [-0.4, -0.2) is 189 Å². The molecule has 0 aromatic carbocycles. The van der Waals surface area contributed by atoms with Gasteiger partial charge in [-0.1, -0.05) is 108 Å². The first-order chi connectivity index (χ1) is 33.7. The van der Waals surface area contributed by atoms with Gasteiger partial charge in [0.15, 0.2) is 0 Å². The van der Waals surface area contributed by atoms with Crippen LogP contribution in [0.2, 0.25) is 0 Å². The molecule has 20 atom stereocenters. The minimum absolute atomic E-state index is 0.216. The van der Waals surface area contributed by atoms with Gasteiger partial charge in [-0.05, 0) is 117 Å². The summed E-state index contributed by atoms with van der Waals surface area (Å²) in [4.78, 5) is 0. The van der Waals surface area contributed by atoms with Gasteiger partial charge in [-0.3, -0.25) is 0 Å². The molecule has 8 heterocycles. The van der Waals surface area contributed by atoms with E-state index >= 15 is 0 Å². The van der Waals surface area contributed by atoms with Gasteiger partial charge in [0.2, 0.25) is 0 Å². The van der Waals surface area contributed by atoms with Crippen molar-refractivity contribution < 1.29 is 47.4 Å². The van der Waals surface area contributed by atoms with E-state index in [4.69, 9.17) is 47.4 Å². The Morgan fingerprint density at radius 1 is 0.203 bits per heavy atom. The first kappa shape index (κ1) is 61.3. The summed E-state index contributed by atoms with van der Waals surface area (Å²) < 4.78 is 62.2. The van der Waals surface area contributed by atoms with Crippen molar-refractivity contribution in [1.29, 1.82) is 0 Å². The van der Waals surface area contributed by atoms with Gasteiger partial charge < -0.3 is 47.4 Å². The molecule has 13 rings (SSSR count). The van der Waals surface area contributed by atoms with Crippen molar-refractivity contribution in [3.05, 3.63) is 0 Å². The van der Waals surface area contributed by atoms with E-state index in [1.165, 1.54) is 0 Å². The predicted octanol–water partition coefficient (Wildman–Crippen LogP) is 11.9. The summed E-state index contributed by atoms with van der Waals surface area (Å²) in [5, 5.41) is 0.392. The van der Waals surface area contributed by atoms with Crippen LogP contribution in [0.1, 0.15) is 64.2 Å². The standard InChI is InChI=1S/C49H88O10S10/c1-50-39-12-31-22-62-63-24-34-15-44(55-6)35(16-43(34)54-5)26-66-67-28-38-19-48(59-10)49(20-47(38)58-9)69-68-29-37-18-45(56-7)36(17-46(37)57-8)27-65-64-25-33-14-41(52-3)32(13-42(33)53-4)23-61-60-21-30(39)11-40(31)51-2/h30-49H,11-29H2,1-10H3/t30-,31-,32-,33-,34+,35+,36-,37-,38-,39?,40?,41-,42?,43?,44?,45?,46?,47?,48?,49+/m0/s1. The van der Waals surface area contributed by atoms with E-state index in [1.54, 1.807) is 0 Å². The molecule has 5 aliphatic carbocycles. The van der Waals surface area contributed by atoms with Crippen LogP contribution >= 0.6 is 108 Å². The van der Waals surface area contributed by atoms with E-state index in [9.17, 15) is 0 Å². The monoisotopic (exact) mass is 1160 g/mol. The van der Waals surface area contributed by atoms with E-state index < -0.39 is 0 Å². The van der Waals surface area contributed by atoms with Crippen LogP contribution in [0, 0.1) is 53.3 Å². The molecule has 0 amide bonds. The lowest BCUT2D eigenvalue weighted by Gasteiger charge is -2.41. The van der Waals surface area contributed by atoms with Gasteiger partial charge in [0, 0.05) is 128 Å². The summed E-state index contributed by atoms with van der Waals surface area (Å²) in [6.45, 7) is 0. The summed E-state index contributed by atoms with van der Waals surface area (Å²) in [7, 11) is 39.2. The summed E-state index contributed by atoms with van der Waals surface area (Å²) in [5.41, 5.74) is 0. The van der Waals surface area contributed by atoms with Crippen LogP contribution in [0.15, 0.2) is 0 Å². The molecule has 0 aromatic heterocycles. The Balaban J connectivity index is 1.09. The second-order valence-corrected chi connectivity index (χ2v) is 33.0. The number of fused-ring (bicyclic) bond motifs is 2. The molecule has 404 valence electrons. The number of ether oxygens (including phenoxy) is 10. The minimum atomic E-state index is 0.216. The van der Waals surface area contributed by atoms with Gasteiger partial charge in [0.1, 0.15) is 0 Å². The first-order valence-electron chi connectivity index (χ1n) is 25.3. The molecule has 13 aliphatic rings. The van der Waals surface area contributed by atoms with Gasteiger partial charge in [-0.15, -0.1) is 0 Å². The van der Waals surface area contributed by atoms with E-state index in [1.807, 2.05) is 179 Å². The Labute approximate surface area is 458 Å². The Morgan fingerprint density at radius 2 is 0.362 bits per heavy atom. The fraction of sp³-hybridized carbons (Fsp3) is 1.00. The van der Waals surface area contributed by atoms with Crippen LogP contribution in [0.25, 0.3) is 0 Å². The molecule has 5 saturated carbocycles. The van der Waals surface area contributed by atoms with Gasteiger partial charge in [-0.25, -0.2) is 0 Å². The zero-order chi connectivity index (χ0) is 49.1. The molecule has 13 fully saturated rings. The number of hydrogen-bond acceptors (Lipinski definition) is 20. The second-order valence-electron chi connectivity index (χ2n) is 20.1. The Morgan fingerprint density at radius 3 is 0.551 bits per heavy atom. The number of rotatable bonds is 10. The molecule has 8 saturated heterocycles. The zero-order valence-electron chi connectivity index (χ0n) is 43.1. The molecular formula is C49H88O10S10. The van der Waals surface area contributed by atoms with Crippen molar-refractivity contribution in [2.45, 2.75) is 130 Å². The minimum Gasteiger partial charge on any atom is -0.381 e. The molecule has 0 aromatic rings. The topological polar surface area (TPSA) is 92.3 Å². The van der Waals surface area contributed by atoms with Crippen molar-refractivity contribution in [3.8, 4) is 0 Å². The molecule has 0 radical (unpaired) electrons. The van der Waals surface area contributed by atoms with Crippen molar-refractivity contribution in [2.75, 3.05) is 123 Å². The third-order valence-corrected chi connectivity index (χ3v) is 30.0. The zero-order valence-corrected chi connectivity index (χ0v) is 51.3. The largest absolute Gasteiger partial charge is 0.381 e. The number of methoxy groups -OCH3 is 10. The van der Waals surface area contributed by atoms with Crippen LogP contribution in [0.5, 0.6) is 0 Å². The van der Waals surface area contributed by atoms with Gasteiger partial charge in [0.05, 0.1) is 61.0 Å². The summed E-state index contributed by atoms with van der Waals surface area (Å²) >= 11 is 0. The summed E-state index contributed by atoms with van der Waals surface area (Å²) in [6, 6.07) is 0. The molecule has 8 aliphatic heterocycles.